The number of carbonyl (C=O) groups is 2. The van der Waals surface area contributed by atoms with Crippen molar-refractivity contribution in [1.82, 2.24) is 4.90 Å². The number of nitro benzene ring substituents is 1. The van der Waals surface area contributed by atoms with Gasteiger partial charge in [-0.3, -0.25) is 19.7 Å². The summed E-state index contributed by atoms with van der Waals surface area (Å²) >= 11 is 0. The minimum atomic E-state index is -0.742. The van der Waals surface area contributed by atoms with E-state index in [-0.39, 0.29) is 5.69 Å². The summed E-state index contributed by atoms with van der Waals surface area (Å²) < 4.78 is 0. The standard InChI is InChI=1S/C20H22N4O4/c1-14-4-3-5-18(15(14)2)22-10-12-23(13-11-22)20(26)19(25)21-16-6-8-17(9-7-16)24(27)28/h3-9H,10-13H2,1-2H3,(H,21,25). The van der Waals surface area contributed by atoms with Crippen LogP contribution in [0.4, 0.5) is 17.1 Å². The first-order valence-electron chi connectivity index (χ1n) is 9.02. The molecular formula is C20H22N4O4. The lowest BCUT2D eigenvalue weighted by molar-refractivity contribution is -0.384. The quantitative estimate of drug-likeness (QED) is 0.500. The molecule has 1 N–H and O–H groups in total. The molecule has 3 rings (SSSR count). The van der Waals surface area contributed by atoms with Gasteiger partial charge in [0.1, 0.15) is 0 Å². The van der Waals surface area contributed by atoms with Crippen LogP contribution in [-0.4, -0.2) is 47.8 Å². The fraction of sp³-hybridized carbons (Fsp3) is 0.300. The molecule has 0 atom stereocenters. The molecule has 0 unspecified atom stereocenters. The van der Waals surface area contributed by atoms with E-state index in [2.05, 4.69) is 36.2 Å². The molecule has 28 heavy (non-hydrogen) atoms. The molecule has 1 aliphatic rings. The van der Waals surface area contributed by atoms with E-state index in [1.54, 1.807) is 0 Å². The summed E-state index contributed by atoms with van der Waals surface area (Å²) in [5.74, 6) is -1.34. The molecule has 8 heteroatoms. The number of rotatable bonds is 3. The second-order valence-electron chi connectivity index (χ2n) is 6.76. The van der Waals surface area contributed by atoms with Crippen molar-refractivity contribution in [2.24, 2.45) is 0 Å². The normalized spacial score (nSPS) is 13.9. The maximum absolute atomic E-state index is 12.4. The van der Waals surface area contributed by atoms with Crippen molar-refractivity contribution < 1.29 is 14.5 Å². The maximum atomic E-state index is 12.4. The van der Waals surface area contributed by atoms with Crippen molar-refractivity contribution in [2.45, 2.75) is 13.8 Å². The minimum Gasteiger partial charge on any atom is -0.368 e. The Morgan fingerprint density at radius 1 is 1.00 bits per heavy atom. The molecule has 146 valence electrons. The second kappa shape index (κ2) is 8.08. The molecule has 1 heterocycles. The second-order valence-corrected chi connectivity index (χ2v) is 6.76. The van der Waals surface area contributed by atoms with Crippen molar-refractivity contribution >= 4 is 28.9 Å². The Morgan fingerprint density at radius 3 is 2.25 bits per heavy atom. The Balaban J connectivity index is 1.57. The molecule has 8 nitrogen and oxygen atoms in total. The zero-order valence-corrected chi connectivity index (χ0v) is 15.8. The molecule has 1 fully saturated rings. The predicted molar refractivity (Wildman–Crippen MR) is 106 cm³/mol. The van der Waals surface area contributed by atoms with Crippen LogP contribution in [0.15, 0.2) is 42.5 Å². The Hall–Kier alpha value is -3.42. The highest BCUT2D eigenvalue weighted by molar-refractivity contribution is 6.39. The van der Waals surface area contributed by atoms with Crippen LogP contribution in [0.5, 0.6) is 0 Å². The van der Waals surface area contributed by atoms with Gasteiger partial charge in [0, 0.05) is 49.7 Å². The van der Waals surface area contributed by atoms with Crippen molar-refractivity contribution in [3.8, 4) is 0 Å². The lowest BCUT2D eigenvalue weighted by Crippen LogP contribution is -2.51. The van der Waals surface area contributed by atoms with Gasteiger partial charge in [0.2, 0.25) is 0 Å². The molecule has 1 saturated heterocycles. The number of aryl methyl sites for hydroxylation is 1. The molecular weight excluding hydrogens is 360 g/mol. The van der Waals surface area contributed by atoms with E-state index in [9.17, 15) is 19.7 Å². The molecule has 2 aromatic rings. The summed E-state index contributed by atoms with van der Waals surface area (Å²) in [6, 6.07) is 11.5. The smallest absolute Gasteiger partial charge is 0.313 e. The Morgan fingerprint density at radius 2 is 1.64 bits per heavy atom. The first-order valence-corrected chi connectivity index (χ1v) is 9.02. The molecule has 0 bridgehead atoms. The van der Waals surface area contributed by atoms with E-state index in [4.69, 9.17) is 0 Å². The Bertz CT molecular complexity index is 903. The van der Waals surface area contributed by atoms with Crippen LogP contribution in [0.2, 0.25) is 0 Å². The summed E-state index contributed by atoms with van der Waals surface area (Å²) in [4.78, 5) is 38.6. The average molecular weight is 382 g/mol. The van der Waals surface area contributed by atoms with Crippen LogP contribution >= 0.6 is 0 Å². The number of anilines is 2. The van der Waals surface area contributed by atoms with Gasteiger partial charge >= 0.3 is 11.8 Å². The average Bonchev–Trinajstić information content (AvgIpc) is 2.70. The fourth-order valence-corrected chi connectivity index (χ4v) is 3.22. The highest BCUT2D eigenvalue weighted by Gasteiger charge is 2.26. The van der Waals surface area contributed by atoms with Crippen LogP contribution in [0, 0.1) is 24.0 Å². The van der Waals surface area contributed by atoms with Crippen LogP contribution in [0.25, 0.3) is 0 Å². The van der Waals surface area contributed by atoms with Gasteiger partial charge in [-0.15, -0.1) is 0 Å². The Kier molecular flexibility index (Phi) is 5.58. The molecule has 0 aromatic heterocycles. The molecule has 2 amide bonds. The van der Waals surface area contributed by atoms with Crippen molar-refractivity contribution in [3.05, 3.63) is 63.7 Å². The van der Waals surface area contributed by atoms with E-state index < -0.39 is 16.7 Å². The summed E-state index contributed by atoms with van der Waals surface area (Å²) in [5.41, 5.74) is 3.86. The number of benzene rings is 2. The highest BCUT2D eigenvalue weighted by Crippen LogP contribution is 2.24. The maximum Gasteiger partial charge on any atom is 0.313 e. The van der Waals surface area contributed by atoms with Crippen molar-refractivity contribution in [2.75, 3.05) is 36.4 Å². The molecule has 1 aliphatic heterocycles. The molecule has 0 radical (unpaired) electrons. The van der Waals surface area contributed by atoms with E-state index in [1.165, 1.54) is 40.3 Å². The van der Waals surface area contributed by atoms with Gasteiger partial charge in [-0.1, -0.05) is 12.1 Å². The third kappa shape index (κ3) is 4.11. The number of hydrogen-bond donors (Lipinski definition) is 1. The third-order valence-corrected chi connectivity index (χ3v) is 5.01. The number of hydrogen-bond acceptors (Lipinski definition) is 5. The van der Waals surface area contributed by atoms with Crippen LogP contribution in [0.1, 0.15) is 11.1 Å². The largest absolute Gasteiger partial charge is 0.368 e. The summed E-state index contributed by atoms with van der Waals surface area (Å²) in [7, 11) is 0. The molecule has 2 aromatic carbocycles. The van der Waals surface area contributed by atoms with Crippen molar-refractivity contribution in [1.29, 1.82) is 0 Å². The number of nitrogens with zero attached hydrogens (tertiary/aromatic N) is 3. The molecule has 0 spiro atoms. The number of amides is 2. The zero-order chi connectivity index (χ0) is 20.3. The number of carbonyl (C=O) groups excluding carboxylic acids is 2. The van der Waals surface area contributed by atoms with Gasteiger partial charge in [-0.05, 0) is 43.2 Å². The van der Waals surface area contributed by atoms with Gasteiger partial charge in [-0.25, -0.2) is 0 Å². The minimum absolute atomic E-state index is 0.0770. The predicted octanol–water partition coefficient (Wildman–Crippen LogP) is 2.50. The highest BCUT2D eigenvalue weighted by atomic mass is 16.6. The van der Waals surface area contributed by atoms with E-state index in [1.807, 2.05) is 6.07 Å². The van der Waals surface area contributed by atoms with E-state index in [0.29, 0.717) is 31.9 Å². The zero-order valence-electron chi connectivity index (χ0n) is 15.8. The number of nitrogens with one attached hydrogen (secondary N) is 1. The van der Waals surface area contributed by atoms with Crippen LogP contribution in [0.3, 0.4) is 0 Å². The molecule has 0 saturated carbocycles. The summed E-state index contributed by atoms with van der Waals surface area (Å²) in [5, 5.41) is 13.2. The van der Waals surface area contributed by atoms with Crippen LogP contribution < -0.4 is 10.2 Å². The summed E-state index contributed by atoms with van der Waals surface area (Å²) in [6.45, 7) is 6.38. The van der Waals surface area contributed by atoms with Crippen LogP contribution in [-0.2, 0) is 9.59 Å². The van der Waals surface area contributed by atoms with Gasteiger partial charge in [-0.2, -0.15) is 0 Å². The lowest BCUT2D eigenvalue weighted by Gasteiger charge is -2.36. The monoisotopic (exact) mass is 382 g/mol. The van der Waals surface area contributed by atoms with E-state index >= 15 is 0 Å². The van der Waals surface area contributed by atoms with Gasteiger partial charge in [0.25, 0.3) is 5.69 Å². The number of piperazine rings is 1. The SMILES string of the molecule is Cc1cccc(N2CCN(C(=O)C(=O)Nc3ccc([N+](=O)[O-])cc3)CC2)c1C. The third-order valence-electron chi connectivity index (χ3n) is 5.01. The number of non-ortho nitro benzene ring substituents is 1. The first kappa shape index (κ1) is 19.3. The van der Waals surface area contributed by atoms with Gasteiger partial charge < -0.3 is 15.1 Å². The Labute approximate surface area is 162 Å². The fourth-order valence-electron chi connectivity index (χ4n) is 3.22. The van der Waals surface area contributed by atoms with Gasteiger partial charge in [0.05, 0.1) is 4.92 Å². The van der Waals surface area contributed by atoms with E-state index in [0.717, 1.165) is 5.69 Å². The summed E-state index contributed by atoms with van der Waals surface area (Å²) in [6.07, 6.45) is 0. The topological polar surface area (TPSA) is 95.8 Å². The molecule has 0 aliphatic carbocycles. The van der Waals surface area contributed by atoms with Crippen molar-refractivity contribution in [3.63, 3.8) is 0 Å². The number of nitro groups is 1. The lowest BCUT2D eigenvalue weighted by atomic mass is 10.1. The van der Waals surface area contributed by atoms with Gasteiger partial charge in [0.15, 0.2) is 0 Å². The first-order chi connectivity index (χ1) is 13.4.